The molecule has 0 saturated carbocycles. The Bertz CT molecular complexity index is 808. The Morgan fingerprint density at radius 1 is 1.11 bits per heavy atom. The molecule has 0 aliphatic carbocycles. The Morgan fingerprint density at radius 3 is 2.63 bits per heavy atom. The highest BCUT2D eigenvalue weighted by atomic mass is 16.5. The minimum absolute atomic E-state index is 0.0299. The van der Waals surface area contributed by atoms with Crippen LogP contribution in [0, 0.1) is 6.92 Å². The third-order valence-electron chi connectivity index (χ3n) is 4.82. The average molecular weight is 367 g/mol. The molecule has 1 aromatic carbocycles. The summed E-state index contributed by atoms with van der Waals surface area (Å²) in [5, 5.41) is 0. The van der Waals surface area contributed by atoms with Gasteiger partial charge < -0.3 is 14.5 Å². The summed E-state index contributed by atoms with van der Waals surface area (Å²) in [5.41, 5.74) is 2.58. The second-order valence-electron chi connectivity index (χ2n) is 6.76. The highest BCUT2D eigenvalue weighted by Gasteiger charge is 2.23. The Kier molecular flexibility index (Phi) is 6.06. The number of methoxy groups -OCH3 is 1. The Labute approximate surface area is 159 Å². The van der Waals surface area contributed by atoms with E-state index in [0.717, 1.165) is 23.3 Å². The van der Waals surface area contributed by atoms with Gasteiger partial charge in [0.05, 0.1) is 19.1 Å². The van der Waals surface area contributed by atoms with Crippen molar-refractivity contribution in [3.8, 4) is 5.75 Å². The predicted octanol–water partition coefficient (Wildman–Crippen LogP) is 2.32. The first-order valence-electron chi connectivity index (χ1n) is 9.19. The number of benzene rings is 1. The van der Waals surface area contributed by atoms with Gasteiger partial charge in [-0.05, 0) is 31.5 Å². The van der Waals surface area contributed by atoms with Crippen LogP contribution in [0.3, 0.4) is 0 Å². The molecule has 3 rings (SSSR count). The van der Waals surface area contributed by atoms with Crippen molar-refractivity contribution in [1.29, 1.82) is 0 Å². The number of hydrogen-bond donors (Lipinski definition) is 0. The van der Waals surface area contributed by atoms with Crippen LogP contribution in [0.5, 0.6) is 5.75 Å². The first-order valence-corrected chi connectivity index (χ1v) is 9.19. The van der Waals surface area contributed by atoms with Gasteiger partial charge in [-0.1, -0.05) is 17.7 Å². The van der Waals surface area contributed by atoms with Crippen molar-refractivity contribution in [2.45, 2.75) is 19.8 Å². The van der Waals surface area contributed by atoms with Crippen LogP contribution in [-0.2, 0) is 11.2 Å². The van der Waals surface area contributed by atoms with Gasteiger partial charge in [-0.2, -0.15) is 0 Å². The first-order chi connectivity index (χ1) is 13.1. The average Bonchev–Trinajstić information content (AvgIpc) is 2.94. The van der Waals surface area contributed by atoms with Crippen molar-refractivity contribution in [2.75, 3.05) is 33.3 Å². The van der Waals surface area contributed by atoms with Crippen LogP contribution in [-0.4, -0.2) is 59.9 Å². The zero-order chi connectivity index (χ0) is 19.2. The van der Waals surface area contributed by atoms with Crippen molar-refractivity contribution in [2.24, 2.45) is 0 Å². The van der Waals surface area contributed by atoms with E-state index >= 15 is 0 Å². The maximum Gasteiger partial charge on any atom is 0.255 e. The summed E-state index contributed by atoms with van der Waals surface area (Å²) in [6.45, 7) is 4.37. The van der Waals surface area contributed by atoms with Crippen LogP contribution in [0.15, 0.2) is 42.7 Å². The fraction of sp³-hybridized carbons (Fsp3) is 0.381. The summed E-state index contributed by atoms with van der Waals surface area (Å²) in [6.07, 6.45) is 4.31. The maximum atomic E-state index is 12.8. The van der Waals surface area contributed by atoms with Gasteiger partial charge in [0.15, 0.2) is 0 Å². The molecule has 27 heavy (non-hydrogen) atoms. The standard InChI is InChI=1S/C21H25N3O3/c1-16-6-7-19(27-2)18(13-16)14-20(25)23-9-4-10-24(12-11-23)21(26)17-5-3-8-22-15-17/h3,5-8,13,15H,4,9-12,14H2,1-2H3. The maximum absolute atomic E-state index is 12.8. The lowest BCUT2D eigenvalue weighted by molar-refractivity contribution is -0.130. The monoisotopic (exact) mass is 367 g/mol. The van der Waals surface area contributed by atoms with Crippen molar-refractivity contribution >= 4 is 11.8 Å². The zero-order valence-electron chi connectivity index (χ0n) is 15.9. The van der Waals surface area contributed by atoms with Crippen LogP contribution in [0.1, 0.15) is 27.9 Å². The number of amides is 2. The van der Waals surface area contributed by atoms with E-state index in [1.165, 1.54) is 0 Å². The van der Waals surface area contributed by atoms with Gasteiger partial charge in [0.2, 0.25) is 5.91 Å². The number of rotatable bonds is 4. The number of pyridine rings is 1. The van der Waals surface area contributed by atoms with Gasteiger partial charge in [-0.25, -0.2) is 0 Å². The second kappa shape index (κ2) is 8.66. The zero-order valence-corrected chi connectivity index (χ0v) is 15.9. The lowest BCUT2D eigenvalue weighted by Gasteiger charge is -2.22. The molecule has 0 atom stereocenters. The molecule has 1 aromatic heterocycles. The van der Waals surface area contributed by atoms with E-state index in [1.807, 2.05) is 30.0 Å². The number of carbonyl (C=O) groups excluding carboxylic acids is 2. The summed E-state index contributed by atoms with van der Waals surface area (Å²) < 4.78 is 5.38. The molecule has 142 valence electrons. The van der Waals surface area contributed by atoms with Crippen LogP contribution in [0.4, 0.5) is 0 Å². The highest BCUT2D eigenvalue weighted by molar-refractivity contribution is 5.94. The smallest absolute Gasteiger partial charge is 0.255 e. The second-order valence-corrected chi connectivity index (χ2v) is 6.76. The van der Waals surface area contributed by atoms with Gasteiger partial charge in [0, 0.05) is 44.1 Å². The molecular formula is C21H25N3O3. The molecule has 0 radical (unpaired) electrons. The Morgan fingerprint density at radius 2 is 1.89 bits per heavy atom. The topological polar surface area (TPSA) is 62.7 Å². The molecule has 6 heteroatoms. The van der Waals surface area contributed by atoms with Crippen LogP contribution in [0.2, 0.25) is 0 Å². The van der Waals surface area contributed by atoms with Gasteiger partial charge in [0.1, 0.15) is 5.75 Å². The number of carbonyl (C=O) groups is 2. The van der Waals surface area contributed by atoms with E-state index in [4.69, 9.17) is 4.74 Å². The quantitative estimate of drug-likeness (QED) is 0.832. The third kappa shape index (κ3) is 4.64. The van der Waals surface area contributed by atoms with Crippen molar-refractivity contribution in [3.05, 3.63) is 59.4 Å². The Balaban J connectivity index is 1.63. The number of aryl methyl sites for hydroxylation is 1. The lowest BCUT2D eigenvalue weighted by Crippen LogP contribution is -2.38. The van der Waals surface area contributed by atoms with E-state index < -0.39 is 0 Å². The molecule has 2 aromatic rings. The van der Waals surface area contributed by atoms with Crippen molar-refractivity contribution < 1.29 is 14.3 Å². The molecule has 0 unspecified atom stereocenters. The summed E-state index contributed by atoms with van der Waals surface area (Å²) in [7, 11) is 1.62. The molecule has 2 amide bonds. The molecule has 1 aliphatic heterocycles. The summed E-state index contributed by atoms with van der Waals surface area (Å²) in [5.74, 6) is 0.768. The number of hydrogen-bond acceptors (Lipinski definition) is 4. The molecule has 1 fully saturated rings. The normalized spacial score (nSPS) is 14.6. The summed E-state index contributed by atoms with van der Waals surface area (Å²) in [4.78, 5) is 33.1. The van der Waals surface area contributed by atoms with E-state index in [1.54, 1.807) is 36.5 Å². The van der Waals surface area contributed by atoms with Crippen LogP contribution >= 0.6 is 0 Å². The number of aromatic nitrogens is 1. The number of ether oxygens (including phenoxy) is 1. The Hall–Kier alpha value is -2.89. The van der Waals surface area contributed by atoms with Gasteiger partial charge in [-0.15, -0.1) is 0 Å². The molecule has 2 heterocycles. The SMILES string of the molecule is COc1ccc(C)cc1CC(=O)N1CCCN(C(=O)c2cccnc2)CC1. The summed E-state index contributed by atoms with van der Waals surface area (Å²) in [6, 6.07) is 9.39. The predicted molar refractivity (Wildman–Crippen MR) is 103 cm³/mol. The fourth-order valence-electron chi connectivity index (χ4n) is 3.36. The third-order valence-corrected chi connectivity index (χ3v) is 4.82. The largest absolute Gasteiger partial charge is 0.496 e. The molecule has 0 bridgehead atoms. The van der Waals surface area contributed by atoms with E-state index in [0.29, 0.717) is 38.2 Å². The van der Waals surface area contributed by atoms with E-state index in [9.17, 15) is 9.59 Å². The van der Waals surface area contributed by atoms with Crippen LogP contribution < -0.4 is 4.74 Å². The molecule has 1 saturated heterocycles. The molecule has 0 N–H and O–H groups in total. The summed E-state index contributed by atoms with van der Waals surface area (Å²) >= 11 is 0. The van der Waals surface area contributed by atoms with Gasteiger partial charge in [-0.3, -0.25) is 14.6 Å². The molecule has 6 nitrogen and oxygen atoms in total. The number of nitrogens with zero attached hydrogens (tertiary/aromatic N) is 3. The molecule has 1 aliphatic rings. The van der Waals surface area contributed by atoms with Crippen molar-refractivity contribution in [3.63, 3.8) is 0 Å². The minimum Gasteiger partial charge on any atom is -0.496 e. The lowest BCUT2D eigenvalue weighted by atomic mass is 10.1. The molecular weight excluding hydrogens is 342 g/mol. The van der Waals surface area contributed by atoms with Gasteiger partial charge in [0.25, 0.3) is 5.91 Å². The van der Waals surface area contributed by atoms with E-state index in [2.05, 4.69) is 4.98 Å². The fourth-order valence-corrected chi connectivity index (χ4v) is 3.36. The highest BCUT2D eigenvalue weighted by Crippen LogP contribution is 2.21. The first kappa shape index (κ1) is 18.9. The van der Waals surface area contributed by atoms with E-state index in [-0.39, 0.29) is 11.8 Å². The van der Waals surface area contributed by atoms with Gasteiger partial charge >= 0.3 is 0 Å². The van der Waals surface area contributed by atoms with Crippen molar-refractivity contribution in [1.82, 2.24) is 14.8 Å². The molecule has 0 spiro atoms. The van der Waals surface area contributed by atoms with Crippen LogP contribution in [0.25, 0.3) is 0 Å². The minimum atomic E-state index is -0.0299.